The lowest BCUT2D eigenvalue weighted by Gasteiger charge is -2.54. The Kier molecular flexibility index (Phi) is 10.3. The fourth-order valence-corrected chi connectivity index (χ4v) is 5.83. The number of carbonyl (C=O) groups is 3. The van der Waals surface area contributed by atoms with E-state index in [0.717, 1.165) is 36.1 Å². The Morgan fingerprint density at radius 1 is 1.18 bits per heavy atom. The normalized spacial score (nSPS) is 21.1. The molecule has 40 heavy (non-hydrogen) atoms. The number of benzene rings is 1. The van der Waals surface area contributed by atoms with Gasteiger partial charge in [0, 0.05) is 42.9 Å². The van der Waals surface area contributed by atoms with Crippen LogP contribution in [0.5, 0.6) is 0 Å². The highest BCUT2D eigenvalue weighted by Gasteiger charge is 2.56. The van der Waals surface area contributed by atoms with E-state index in [-0.39, 0.29) is 36.1 Å². The molecule has 10 heteroatoms. The van der Waals surface area contributed by atoms with Crippen molar-refractivity contribution in [3.8, 4) is 0 Å². The van der Waals surface area contributed by atoms with Crippen LogP contribution in [0.4, 0.5) is 14.9 Å². The third kappa shape index (κ3) is 6.82. The van der Waals surface area contributed by atoms with Crippen molar-refractivity contribution in [3.63, 3.8) is 0 Å². The third-order valence-electron chi connectivity index (χ3n) is 8.20. The SMILES string of the molecule is CCC(CC)C(C)NC(=O)c1ccnn1C(C)C.CCc1cc(NC=O)ccc1C(C)N1C(=O)NC2(F)CC1C2. The van der Waals surface area contributed by atoms with Crippen LogP contribution < -0.4 is 16.0 Å². The van der Waals surface area contributed by atoms with E-state index in [9.17, 15) is 18.8 Å². The molecular formula is C30H45FN6O3. The lowest BCUT2D eigenvalue weighted by molar-refractivity contribution is -0.105. The molecule has 5 rings (SSSR count). The van der Waals surface area contributed by atoms with Crippen molar-refractivity contribution in [1.82, 2.24) is 25.3 Å². The van der Waals surface area contributed by atoms with E-state index in [2.05, 4.69) is 41.8 Å². The molecule has 1 aromatic heterocycles. The number of halogens is 1. The predicted octanol–water partition coefficient (Wildman–Crippen LogP) is 5.75. The zero-order valence-electron chi connectivity index (χ0n) is 24.8. The predicted molar refractivity (Wildman–Crippen MR) is 155 cm³/mol. The summed E-state index contributed by atoms with van der Waals surface area (Å²) in [6, 6.07) is 7.33. The van der Waals surface area contributed by atoms with Crippen molar-refractivity contribution in [1.29, 1.82) is 0 Å². The van der Waals surface area contributed by atoms with Crippen LogP contribution in [0, 0.1) is 5.92 Å². The summed E-state index contributed by atoms with van der Waals surface area (Å²) in [6.45, 7) is 14.4. The van der Waals surface area contributed by atoms with E-state index in [1.165, 1.54) is 0 Å². The first-order valence-corrected chi connectivity index (χ1v) is 14.4. The van der Waals surface area contributed by atoms with Gasteiger partial charge in [-0.15, -0.1) is 0 Å². The number of urea groups is 1. The Hall–Kier alpha value is -3.43. The molecule has 0 radical (unpaired) electrons. The Labute approximate surface area is 237 Å². The average molecular weight is 557 g/mol. The van der Waals surface area contributed by atoms with Crippen LogP contribution in [-0.4, -0.2) is 50.9 Å². The lowest BCUT2D eigenvalue weighted by atomic mass is 9.79. The van der Waals surface area contributed by atoms with Gasteiger partial charge in [0.25, 0.3) is 5.91 Å². The molecule has 3 heterocycles. The van der Waals surface area contributed by atoms with Gasteiger partial charge in [-0.25, -0.2) is 9.18 Å². The molecule has 0 spiro atoms. The van der Waals surface area contributed by atoms with Gasteiger partial charge in [0.05, 0.1) is 6.04 Å². The van der Waals surface area contributed by atoms with Crippen LogP contribution in [0.3, 0.4) is 0 Å². The lowest BCUT2D eigenvalue weighted by Crippen LogP contribution is -2.71. The zero-order chi connectivity index (χ0) is 29.6. The molecule has 1 saturated carbocycles. The molecule has 2 atom stereocenters. The fraction of sp³-hybridized carbons (Fsp3) is 0.600. The molecule has 2 unspecified atom stereocenters. The fourth-order valence-electron chi connectivity index (χ4n) is 5.83. The highest BCUT2D eigenvalue weighted by atomic mass is 19.1. The van der Waals surface area contributed by atoms with Crippen LogP contribution in [0.1, 0.15) is 108 Å². The van der Waals surface area contributed by atoms with Crippen molar-refractivity contribution >= 4 is 24.0 Å². The topological polar surface area (TPSA) is 108 Å². The van der Waals surface area contributed by atoms with Gasteiger partial charge in [0.15, 0.2) is 5.79 Å². The van der Waals surface area contributed by atoms with E-state index in [1.54, 1.807) is 21.8 Å². The van der Waals surface area contributed by atoms with Gasteiger partial charge in [0.1, 0.15) is 5.69 Å². The van der Waals surface area contributed by atoms with Gasteiger partial charge >= 0.3 is 6.03 Å². The first-order chi connectivity index (χ1) is 19.0. The molecule has 3 N–H and O–H groups in total. The smallest absolute Gasteiger partial charge is 0.320 e. The minimum absolute atomic E-state index is 0.0272. The molecule has 9 nitrogen and oxygen atoms in total. The number of anilines is 1. The largest absolute Gasteiger partial charge is 0.348 e. The first kappa shape index (κ1) is 31.1. The maximum absolute atomic E-state index is 13.9. The maximum atomic E-state index is 13.9. The molecule has 3 fully saturated rings. The van der Waals surface area contributed by atoms with E-state index >= 15 is 0 Å². The number of rotatable bonds is 11. The minimum Gasteiger partial charge on any atom is -0.348 e. The second-order valence-corrected chi connectivity index (χ2v) is 11.2. The molecule has 3 aliphatic rings. The van der Waals surface area contributed by atoms with Gasteiger partial charge in [-0.2, -0.15) is 5.10 Å². The standard InChI is InChI=1S/C16H20FN3O2.C14H25N3O/c1-3-11-6-12(18-9-21)4-5-14(11)10(2)20-13-7-16(17,8-13)19-15(20)22;1-6-12(7-2)11(5)16-14(18)13-8-9-15-17(13)10(3)4/h4-6,9-10,13H,3,7-8H2,1-2H3,(H,18,21)(H,19,22);8-12H,6-7H2,1-5H3,(H,16,18). The minimum atomic E-state index is -1.50. The number of hydrogen-bond donors (Lipinski definition) is 3. The summed E-state index contributed by atoms with van der Waals surface area (Å²) < 4.78 is 15.7. The van der Waals surface area contributed by atoms with Crippen LogP contribution in [0.2, 0.25) is 0 Å². The molecule has 2 saturated heterocycles. The Morgan fingerprint density at radius 3 is 2.40 bits per heavy atom. The molecular weight excluding hydrogens is 511 g/mol. The van der Waals surface area contributed by atoms with Crippen LogP contribution >= 0.6 is 0 Å². The number of aryl methyl sites for hydroxylation is 1. The van der Waals surface area contributed by atoms with E-state index in [0.29, 0.717) is 30.9 Å². The molecule has 1 aromatic carbocycles. The highest BCUT2D eigenvalue weighted by molar-refractivity contribution is 5.92. The second-order valence-electron chi connectivity index (χ2n) is 11.2. The first-order valence-electron chi connectivity index (χ1n) is 14.4. The molecule has 220 valence electrons. The van der Waals surface area contributed by atoms with E-state index in [4.69, 9.17) is 0 Å². The van der Waals surface area contributed by atoms with Crippen LogP contribution in [-0.2, 0) is 11.2 Å². The maximum Gasteiger partial charge on any atom is 0.320 e. The molecule has 2 aromatic rings. The van der Waals surface area contributed by atoms with E-state index in [1.807, 2.05) is 45.9 Å². The van der Waals surface area contributed by atoms with Crippen molar-refractivity contribution in [3.05, 3.63) is 47.3 Å². The average Bonchev–Trinajstić information content (AvgIpc) is 3.39. The van der Waals surface area contributed by atoms with Crippen molar-refractivity contribution in [2.24, 2.45) is 5.92 Å². The molecule has 2 aliphatic heterocycles. The Morgan fingerprint density at radius 2 is 1.85 bits per heavy atom. The second kappa shape index (κ2) is 13.3. The van der Waals surface area contributed by atoms with Crippen molar-refractivity contribution < 1.29 is 18.8 Å². The van der Waals surface area contributed by atoms with E-state index < -0.39 is 5.79 Å². The summed E-state index contributed by atoms with van der Waals surface area (Å²) in [4.78, 5) is 36.6. The summed E-state index contributed by atoms with van der Waals surface area (Å²) in [5.41, 5.74) is 3.48. The third-order valence-corrected chi connectivity index (χ3v) is 8.20. The number of alkyl halides is 1. The summed E-state index contributed by atoms with van der Waals surface area (Å²) in [5.74, 6) is -0.992. The Bertz CT molecular complexity index is 1170. The Balaban J connectivity index is 0.000000226. The molecule has 1 aliphatic carbocycles. The highest BCUT2D eigenvalue weighted by Crippen LogP contribution is 2.45. The summed E-state index contributed by atoms with van der Waals surface area (Å²) >= 11 is 0. The van der Waals surface area contributed by atoms with Gasteiger partial charge < -0.3 is 20.9 Å². The zero-order valence-corrected chi connectivity index (χ0v) is 24.8. The summed E-state index contributed by atoms with van der Waals surface area (Å²) in [6.07, 6.45) is 6.00. The number of aromatic nitrogens is 2. The number of fused-ring (bicyclic) bond motifs is 2. The van der Waals surface area contributed by atoms with Crippen molar-refractivity contribution in [2.45, 2.75) is 111 Å². The van der Waals surface area contributed by atoms with Crippen LogP contribution in [0.25, 0.3) is 0 Å². The van der Waals surface area contributed by atoms with Gasteiger partial charge in [-0.1, -0.05) is 39.7 Å². The number of nitrogens with zero attached hydrogens (tertiary/aromatic N) is 3. The number of nitrogens with one attached hydrogen (secondary N) is 3. The summed E-state index contributed by atoms with van der Waals surface area (Å²) in [7, 11) is 0. The van der Waals surface area contributed by atoms with Gasteiger partial charge in [0.2, 0.25) is 6.41 Å². The van der Waals surface area contributed by atoms with Crippen LogP contribution in [0.15, 0.2) is 30.5 Å². The number of amides is 4. The quantitative estimate of drug-likeness (QED) is 0.242. The molecule has 2 bridgehead atoms. The van der Waals surface area contributed by atoms with Gasteiger partial charge in [-0.05, 0) is 69.4 Å². The monoisotopic (exact) mass is 556 g/mol. The molecule has 4 amide bonds. The van der Waals surface area contributed by atoms with Gasteiger partial charge in [-0.3, -0.25) is 14.3 Å². The van der Waals surface area contributed by atoms with Crippen molar-refractivity contribution in [2.75, 3.05) is 5.32 Å². The number of hydrogen-bond acceptors (Lipinski definition) is 4. The number of carbonyl (C=O) groups excluding carboxylic acids is 3. The summed E-state index contributed by atoms with van der Waals surface area (Å²) in [5, 5.41) is 12.4.